The summed E-state index contributed by atoms with van der Waals surface area (Å²) < 4.78 is 11.0. The average molecular weight is 244 g/mol. The third kappa shape index (κ3) is 5.02. The van der Waals surface area contributed by atoms with Gasteiger partial charge in [-0.1, -0.05) is 0 Å². The van der Waals surface area contributed by atoms with Gasteiger partial charge in [0.25, 0.3) is 0 Å². The van der Waals surface area contributed by atoms with Gasteiger partial charge < -0.3 is 14.8 Å². The molecule has 1 atom stereocenters. The first-order valence-electron chi connectivity index (χ1n) is 6.14. The maximum absolute atomic E-state index is 11.7. The third-order valence-electron chi connectivity index (χ3n) is 2.57. The molecule has 0 radical (unpaired) electrons. The number of hydrogen-bond acceptors (Lipinski definition) is 4. The van der Waals surface area contributed by atoms with Gasteiger partial charge in [-0.15, -0.1) is 0 Å². The van der Waals surface area contributed by atoms with Crippen LogP contribution < -0.4 is 10.6 Å². The van der Waals surface area contributed by atoms with Crippen molar-refractivity contribution in [1.29, 1.82) is 0 Å². The second-order valence-corrected chi connectivity index (χ2v) is 5.27. The fraction of sp³-hybridized carbons (Fsp3) is 0.917. The molecule has 100 valence electrons. The highest BCUT2D eigenvalue weighted by Crippen LogP contribution is 2.17. The maximum atomic E-state index is 11.7. The van der Waals surface area contributed by atoms with Crippen molar-refractivity contribution in [2.24, 2.45) is 0 Å². The molecule has 0 bridgehead atoms. The van der Waals surface area contributed by atoms with Crippen LogP contribution >= 0.6 is 0 Å². The predicted octanol–water partition coefficient (Wildman–Crippen LogP) is 0.641. The highest BCUT2D eigenvalue weighted by atomic mass is 16.7. The average Bonchev–Trinajstić information content (AvgIpc) is 2.20. The number of carbonyl (C=O) groups is 1. The van der Waals surface area contributed by atoms with Gasteiger partial charge in [-0.05, 0) is 34.6 Å². The Hall–Kier alpha value is -0.650. The lowest BCUT2D eigenvalue weighted by molar-refractivity contribution is -0.253. The monoisotopic (exact) mass is 244 g/mol. The Morgan fingerprint density at radius 1 is 1.24 bits per heavy atom. The molecule has 0 aromatic rings. The zero-order chi connectivity index (χ0) is 13.1. The van der Waals surface area contributed by atoms with E-state index in [4.69, 9.17) is 9.47 Å². The van der Waals surface area contributed by atoms with Gasteiger partial charge in [-0.25, -0.2) is 0 Å². The minimum Gasteiger partial charge on any atom is -0.353 e. The summed E-state index contributed by atoms with van der Waals surface area (Å²) in [5.74, 6) is -0.508. The molecule has 17 heavy (non-hydrogen) atoms. The van der Waals surface area contributed by atoms with Gasteiger partial charge in [0.2, 0.25) is 5.91 Å². The largest absolute Gasteiger partial charge is 0.353 e. The molecule has 0 spiro atoms. The first-order chi connectivity index (χ1) is 7.80. The maximum Gasteiger partial charge on any atom is 0.237 e. The van der Waals surface area contributed by atoms with E-state index in [2.05, 4.69) is 10.6 Å². The zero-order valence-electron chi connectivity index (χ0n) is 11.4. The van der Waals surface area contributed by atoms with E-state index in [0.29, 0.717) is 13.2 Å². The predicted molar refractivity (Wildman–Crippen MR) is 65.6 cm³/mol. The molecule has 1 aliphatic rings. The molecular formula is C12H24N2O3. The lowest BCUT2D eigenvalue weighted by atomic mass is 10.2. The Morgan fingerprint density at radius 3 is 2.24 bits per heavy atom. The van der Waals surface area contributed by atoms with Crippen LogP contribution in [0.5, 0.6) is 0 Å². The second kappa shape index (κ2) is 5.80. The van der Waals surface area contributed by atoms with Crippen molar-refractivity contribution in [1.82, 2.24) is 10.6 Å². The zero-order valence-corrected chi connectivity index (χ0v) is 11.4. The van der Waals surface area contributed by atoms with Crippen LogP contribution in [0.25, 0.3) is 0 Å². The summed E-state index contributed by atoms with van der Waals surface area (Å²) in [5, 5.41) is 6.06. The Bertz CT molecular complexity index is 256. The number of carbonyl (C=O) groups excluding carboxylic acids is 1. The molecule has 2 N–H and O–H groups in total. The standard InChI is InChI=1S/C12H24N2O3/c1-8(2)13-11(15)9(3)14-10-6-16-12(4,5)17-7-10/h8-10,14H,6-7H2,1-5H3,(H,13,15). The summed E-state index contributed by atoms with van der Waals surface area (Å²) >= 11 is 0. The molecule has 5 heteroatoms. The van der Waals surface area contributed by atoms with E-state index in [-0.39, 0.29) is 24.0 Å². The summed E-state index contributed by atoms with van der Waals surface area (Å²) in [6.07, 6.45) is 0. The quantitative estimate of drug-likeness (QED) is 0.762. The van der Waals surface area contributed by atoms with Crippen molar-refractivity contribution >= 4 is 5.91 Å². The van der Waals surface area contributed by atoms with Crippen molar-refractivity contribution in [2.75, 3.05) is 13.2 Å². The molecule has 1 saturated heterocycles. The highest BCUT2D eigenvalue weighted by Gasteiger charge is 2.29. The fourth-order valence-corrected chi connectivity index (χ4v) is 1.63. The van der Waals surface area contributed by atoms with E-state index < -0.39 is 5.79 Å². The van der Waals surface area contributed by atoms with E-state index in [1.165, 1.54) is 0 Å². The van der Waals surface area contributed by atoms with Gasteiger partial charge in [-0.3, -0.25) is 10.1 Å². The number of nitrogens with one attached hydrogen (secondary N) is 2. The molecule has 0 aliphatic carbocycles. The van der Waals surface area contributed by atoms with Crippen molar-refractivity contribution in [3.8, 4) is 0 Å². The van der Waals surface area contributed by atoms with Gasteiger partial charge in [0.15, 0.2) is 5.79 Å². The summed E-state index contributed by atoms with van der Waals surface area (Å²) in [7, 11) is 0. The van der Waals surface area contributed by atoms with Crippen molar-refractivity contribution in [3.63, 3.8) is 0 Å². The highest BCUT2D eigenvalue weighted by molar-refractivity contribution is 5.81. The summed E-state index contributed by atoms with van der Waals surface area (Å²) in [6, 6.07) is -0.0173. The summed E-state index contributed by atoms with van der Waals surface area (Å²) in [4.78, 5) is 11.7. The molecule has 1 fully saturated rings. The van der Waals surface area contributed by atoms with Crippen molar-refractivity contribution in [2.45, 2.75) is 58.5 Å². The van der Waals surface area contributed by atoms with Gasteiger partial charge in [0.1, 0.15) is 0 Å². The van der Waals surface area contributed by atoms with Crippen LogP contribution in [-0.4, -0.2) is 43.0 Å². The number of ether oxygens (including phenoxy) is 2. The van der Waals surface area contributed by atoms with Gasteiger partial charge >= 0.3 is 0 Å². The molecule has 1 heterocycles. The van der Waals surface area contributed by atoms with Crippen LogP contribution in [0.1, 0.15) is 34.6 Å². The second-order valence-electron chi connectivity index (χ2n) is 5.27. The van der Waals surface area contributed by atoms with Crippen LogP contribution in [0.15, 0.2) is 0 Å². The van der Waals surface area contributed by atoms with E-state index in [9.17, 15) is 4.79 Å². The smallest absolute Gasteiger partial charge is 0.237 e. The van der Waals surface area contributed by atoms with Crippen molar-refractivity contribution < 1.29 is 14.3 Å². The SMILES string of the molecule is CC(C)NC(=O)C(C)NC1COC(C)(C)OC1. The minimum absolute atomic E-state index is 0.00448. The van der Waals surface area contributed by atoms with Gasteiger partial charge in [0, 0.05) is 6.04 Å². The minimum atomic E-state index is -0.512. The Labute approximate surface area is 103 Å². The first-order valence-corrected chi connectivity index (χ1v) is 6.14. The third-order valence-corrected chi connectivity index (χ3v) is 2.57. The fourth-order valence-electron chi connectivity index (χ4n) is 1.63. The van der Waals surface area contributed by atoms with Crippen LogP contribution in [0.2, 0.25) is 0 Å². The van der Waals surface area contributed by atoms with E-state index >= 15 is 0 Å². The summed E-state index contributed by atoms with van der Waals surface area (Å²) in [6.45, 7) is 10.6. The number of rotatable bonds is 4. The normalized spacial score (nSPS) is 22.5. The Kier molecular flexibility index (Phi) is 4.91. The van der Waals surface area contributed by atoms with E-state index in [0.717, 1.165) is 0 Å². The van der Waals surface area contributed by atoms with Crippen LogP contribution in [0, 0.1) is 0 Å². The molecule has 1 rings (SSSR count). The lowest BCUT2D eigenvalue weighted by Gasteiger charge is -2.36. The lowest BCUT2D eigenvalue weighted by Crippen LogP contribution is -2.54. The van der Waals surface area contributed by atoms with E-state index in [1.807, 2.05) is 34.6 Å². The Morgan fingerprint density at radius 2 is 1.76 bits per heavy atom. The molecular weight excluding hydrogens is 220 g/mol. The van der Waals surface area contributed by atoms with Crippen molar-refractivity contribution in [3.05, 3.63) is 0 Å². The number of amides is 1. The number of hydrogen-bond donors (Lipinski definition) is 2. The molecule has 0 saturated carbocycles. The molecule has 0 aromatic carbocycles. The molecule has 0 aromatic heterocycles. The molecule has 1 unspecified atom stereocenters. The topological polar surface area (TPSA) is 59.6 Å². The van der Waals surface area contributed by atoms with Crippen LogP contribution in [0.4, 0.5) is 0 Å². The molecule has 1 amide bonds. The van der Waals surface area contributed by atoms with Crippen LogP contribution in [-0.2, 0) is 14.3 Å². The van der Waals surface area contributed by atoms with Gasteiger partial charge in [-0.2, -0.15) is 0 Å². The summed E-state index contributed by atoms with van der Waals surface area (Å²) in [5.41, 5.74) is 0. The Balaban J connectivity index is 2.32. The molecule has 1 aliphatic heterocycles. The first kappa shape index (κ1) is 14.4. The molecule has 5 nitrogen and oxygen atoms in total. The van der Waals surface area contributed by atoms with Crippen LogP contribution in [0.3, 0.4) is 0 Å². The van der Waals surface area contributed by atoms with E-state index in [1.54, 1.807) is 0 Å². The van der Waals surface area contributed by atoms with Gasteiger partial charge in [0.05, 0.1) is 25.3 Å².